The van der Waals surface area contributed by atoms with Crippen LogP contribution in [0.2, 0.25) is 0 Å². The van der Waals surface area contributed by atoms with Crippen LogP contribution in [0.5, 0.6) is 0 Å². The Labute approximate surface area is 155 Å². The van der Waals surface area contributed by atoms with Crippen LogP contribution in [0.3, 0.4) is 0 Å². The molecule has 0 bridgehead atoms. The molecule has 0 saturated heterocycles. The molecular weight excluding hydrogens is 348 g/mol. The highest BCUT2D eigenvalue weighted by Crippen LogP contribution is 2.16. The minimum atomic E-state index is -0.475. The van der Waals surface area contributed by atoms with Crippen LogP contribution in [0, 0.1) is 10.1 Å². The zero-order valence-corrected chi connectivity index (χ0v) is 14.8. The summed E-state index contributed by atoms with van der Waals surface area (Å²) in [6.07, 6.45) is 6.90. The van der Waals surface area contributed by atoms with Crippen molar-refractivity contribution in [2.75, 3.05) is 6.54 Å². The lowest BCUT2D eigenvalue weighted by Crippen LogP contribution is -2.32. The number of aromatic nitrogens is 2. The molecule has 0 fully saturated rings. The summed E-state index contributed by atoms with van der Waals surface area (Å²) in [7, 11) is 0. The van der Waals surface area contributed by atoms with Gasteiger partial charge in [0.15, 0.2) is 0 Å². The van der Waals surface area contributed by atoms with Crippen LogP contribution in [-0.4, -0.2) is 27.2 Å². The van der Waals surface area contributed by atoms with Crippen LogP contribution < -0.4 is 10.9 Å². The van der Waals surface area contributed by atoms with E-state index in [2.05, 4.69) is 10.4 Å². The molecule has 2 aromatic rings. The van der Waals surface area contributed by atoms with Gasteiger partial charge in [0.1, 0.15) is 0 Å². The molecule has 1 aliphatic carbocycles. The first-order valence-electron chi connectivity index (χ1n) is 8.83. The number of amides is 1. The maximum absolute atomic E-state index is 12.1. The van der Waals surface area contributed by atoms with Gasteiger partial charge in [0.05, 0.1) is 17.2 Å². The van der Waals surface area contributed by atoms with Gasteiger partial charge in [0.25, 0.3) is 11.2 Å². The van der Waals surface area contributed by atoms with Crippen molar-refractivity contribution < 1.29 is 9.72 Å². The summed E-state index contributed by atoms with van der Waals surface area (Å²) in [4.78, 5) is 34.1. The van der Waals surface area contributed by atoms with Crippen molar-refractivity contribution in [1.29, 1.82) is 0 Å². The summed E-state index contributed by atoms with van der Waals surface area (Å²) in [5.74, 6) is -0.306. The number of hydrogen-bond acceptors (Lipinski definition) is 5. The van der Waals surface area contributed by atoms with E-state index in [4.69, 9.17) is 0 Å². The van der Waals surface area contributed by atoms with Crippen molar-refractivity contribution in [2.45, 2.75) is 32.2 Å². The number of carbonyl (C=O) groups is 1. The Balaban J connectivity index is 1.52. The third-order valence-electron chi connectivity index (χ3n) is 4.43. The Hall–Kier alpha value is -3.29. The fourth-order valence-corrected chi connectivity index (χ4v) is 2.98. The van der Waals surface area contributed by atoms with E-state index in [0.717, 1.165) is 36.9 Å². The maximum atomic E-state index is 12.1. The van der Waals surface area contributed by atoms with Crippen LogP contribution in [-0.2, 0) is 24.2 Å². The predicted octanol–water partition coefficient (Wildman–Crippen LogP) is 1.86. The number of hydrogen-bond donors (Lipinski definition) is 1. The molecule has 0 radical (unpaired) electrons. The molecule has 8 heteroatoms. The standard InChI is InChI=1S/C19H20N4O4/c24-18(10-7-14-5-8-16(9-6-14)23(26)27)20-11-12-22-19(25)13-15-3-1-2-4-17(15)21-22/h5-10,13H,1-4,11-12H2,(H,20,24)/b10-7+. The van der Waals surface area contributed by atoms with Crippen LogP contribution in [0.4, 0.5) is 5.69 Å². The number of nitrogens with one attached hydrogen (secondary N) is 1. The van der Waals surface area contributed by atoms with Crippen LogP contribution in [0.15, 0.2) is 41.2 Å². The van der Waals surface area contributed by atoms with Gasteiger partial charge >= 0.3 is 0 Å². The Morgan fingerprint density at radius 1 is 1.26 bits per heavy atom. The van der Waals surface area contributed by atoms with Crippen molar-refractivity contribution in [3.8, 4) is 0 Å². The third-order valence-corrected chi connectivity index (χ3v) is 4.43. The highest BCUT2D eigenvalue weighted by atomic mass is 16.6. The highest BCUT2D eigenvalue weighted by Gasteiger charge is 2.13. The van der Waals surface area contributed by atoms with E-state index in [1.807, 2.05) is 0 Å². The summed E-state index contributed by atoms with van der Waals surface area (Å²) in [5, 5.41) is 17.7. The first kappa shape index (κ1) is 18.5. The molecule has 8 nitrogen and oxygen atoms in total. The smallest absolute Gasteiger partial charge is 0.269 e. The third kappa shape index (κ3) is 4.87. The van der Waals surface area contributed by atoms with Gasteiger partial charge in [-0.2, -0.15) is 5.10 Å². The SMILES string of the molecule is O=C(/C=C/c1ccc([N+](=O)[O-])cc1)NCCn1nc2c(cc1=O)CCCC2. The summed E-state index contributed by atoms with van der Waals surface area (Å²) < 4.78 is 1.39. The molecular formula is C19H20N4O4. The fraction of sp³-hybridized carbons (Fsp3) is 0.316. The van der Waals surface area contributed by atoms with Crippen molar-refractivity contribution in [3.63, 3.8) is 0 Å². The molecule has 0 atom stereocenters. The van der Waals surface area contributed by atoms with E-state index in [1.165, 1.54) is 22.9 Å². The fourth-order valence-electron chi connectivity index (χ4n) is 2.98. The normalized spacial score (nSPS) is 13.3. The molecule has 1 amide bonds. The van der Waals surface area contributed by atoms with Gasteiger partial charge < -0.3 is 5.32 Å². The lowest BCUT2D eigenvalue weighted by molar-refractivity contribution is -0.384. The first-order chi connectivity index (χ1) is 13.0. The molecule has 1 aromatic carbocycles. The molecule has 1 heterocycles. The zero-order valence-electron chi connectivity index (χ0n) is 14.8. The molecule has 0 spiro atoms. The molecule has 27 heavy (non-hydrogen) atoms. The van der Waals surface area contributed by atoms with Crippen molar-refractivity contribution in [3.05, 3.63) is 73.7 Å². The van der Waals surface area contributed by atoms with Crippen molar-refractivity contribution in [2.24, 2.45) is 0 Å². The summed E-state index contributed by atoms with van der Waals surface area (Å²) in [6, 6.07) is 7.55. The van der Waals surface area contributed by atoms with E-state index >= 15 is 0 Å². The average Bonchev–Trinajstić information content (AvgIpc) is 2.67. The Morgan fingerprint density at radius 2 is 2.00 bits per heavy atom. The lowest BCUT2D eigenvalue weighted by atomic mass is 9.97. The second-order valence-electron chi connectivity index (χ2n) is 6.36. The van der Waals surface area contributed by atoms with E-state index in [-0.39, 0.29) is 23.7 Å². The van der Waals surface area contributed by atoms with Gasteiger partial charge in [-0.25, -0.2) is 4.68 Å². The Kier molecular flexibility index (Phi) is 5.75. The second kappa shape index (κ2) is 8.39. The minimum absolute atomic E-state index is 0.000377. The van der Waals surface area contributed by atoms with E-state index in [0.29, 0.717) is 12.1 Å². The van der Waals surface area contributed by atoms with E-state index in [1.54, 1.807) is 24.3 Å². The number of rotatable bonds is 6. The minimum Gasteiger partial charge on any atom is -0.351 e. The quantitative estimate of drug-likeness (QED) is 0.476. The van der Waals surface area contributed by atoms with Gasteiger partial charge in [0, 0.05) is 30.8 Å². The summed E-state index contributed by atoms with van der Waals surface area (Å²) in [5.41, 5.74) is 2.55. The topological polar surface area (TPSA) is 107 Å². The number of nitrogens with zero attached hydrogens (tertiary/aromatic N) is 3. The van der Waals surface area contributed by atoms with Gasteiger partial charge in [-0.1, -0.05) is 0 Å². The van der Waals surface area contributed by atoms with Gasteiger partial charge in [0.2, 0.25) is 5.91 Å². The number of nitro groups is 1. The van der Waals surface area contributed by atoms with Crippen molar-refractivity contribution in [1.82, 2.24) is 15.1 Å². The van der Waals surface area contributed by atoms with Crippen LogP contribution in [0.25, 0.3) is 6.08 Å². The molecule has 3 rings (SSSR count). The van der Waals surface area contributed by atoms with Gasteiger partial charge in [-0.3, -0.25) is 19.7 Å². The number of nitro benzene ring substituents is 1. The first-order valence-corrected chi connectivity index (χ1v) is 8.83. The van der Waals surface area contributed by atoms with Gasteiger partial charge in [-0.15, -0.1) is 0 Å². The summed E-state index contributed by atoms with van der Waals surface area (Å²) >= 11 is 0. The number of carbonyl (C=O) groups excluding carboxylic acids is 1. The maximum Gasteiger partial charge on any atom is 0.269 e. The second-order valence-corrected chi connectivity index (χ2v) is 6.36. The Bertz CT molecular complexity index is 932. The molecule has 1 aliphatic rings. The molecule has 140 valence electrons. The number of non-ortho nitro benzene ring substituents is 1. The predicted molar refractivity (Wildman–Crippen MR) is 100 cm³/mol. The number of aryl methyl sites for hydroxylation is 2. The summed E-state index contributed by atoms with van der Waals surface area (Å²) in [6.45, 7) is 0.596. The van der Waals surface area contributed by atoms with Gasteiger partial charge in [-0.05, 0) is 55.0 Å². The van der Waals surface area contributed by atoms with Crippen LogP contribution >= 0.6 is 0 Å². The zero-order chi connectivity index (χ0) is 19.2. The molecule has 1 aromatic heterocycles. The highest BCUT2D eigenvalue weighted by molar-refractivity contribution is 5.91. The lowest BCUT2D eigenvalue weighted by Gasteiger charge is -2.15. The molecule has 0 saturated carbocycles. The average molecular weight is 368 g/mol. The molecule has 0 unspecified atom stereocenters. The van der Waals surface area contributed by atoms with E-state index in [9.17, 15) is 19.7 Å². The van der Waals surface area contributed by atoms with Crippen LogP contribution in [0.1, 0.15) is 29.7 Å². The Morgan fingerprint density at radius 3 is 2.74 bits per heavy atom. The molecule has 1 N–H and O–H groups in total. The molecule has 0 aliphatic heterocycles. The largest absolute Gasteiger partial charge is 0.351 e. The van der Waals surface area contributed by atoms with Crippen molar-refractivity contribution >= 4 is 17.7 Å². The monoisotopic (exact) mass is 368 g/mol. The number of benzene rings is 1. The number of fused-ring (bicyclic) bond motifs is 1. The van der Waals surface area contributed by atoms with E-state index < -0.39 is 4.92 Å².